The molecule has 0 bridgehead atoms. The number of anilines is 6. The highest BCUT2D eigenvalue weighted by molar-refractivity contribution is 6.10. The van der Waals surface area contributed by atoms with Gasteiger partial charge in [-0.15, -0.1) is 0 Å². The zero-order valence-electron chi connectivity index (χ0n) is 27.9. The maximum Gasteiger partial charge on any atom is 0.137 e. The van der Waals surface area contributed by atoms with Crippen LogP contribution < -0.4 is 9.80 Å². The lowest BCUT2D eigenvalue weighted by atomic mass is 10.0. The van der Waals surface area contributed by atoms with Crippen LogP contribution in [0.3, 0.4) is 0 Å². The second kappa shape index (κ2) is 13.2. The summed E-state index contributed by atoms with van der Waals surface area (Å²) in [6, 6.07) is 72.7. The SMILES string of the molecule is c1ccc(-c2ccc(N(c3ccccc3)c3cc4oc5ccccc5c4cc3N(c3ccccc3)c3ccc(-c4ccccc4)cc3)cc2)cc1. The van der Waals surface area contributed by atoms with Gasteiger partial charge in [0.25, 0.3) is 0 Å². The molecule has 0 radical (unpaired) electrons. The topological polar surface area (TPSA) is 19.6 Å². The minimum absolute atomic E-state index is 0.837. The van der Waals surface area contributed by atoms with Gasteiger partial charge in [0.05, 0.1) is 11.4 Å². The van der Waals surface area contributed by atoms with Crippen LogP contribution in [0.15, 0.2) is 211 Å². The average molecular weight is 655 g/mol. The van der Waals surface area contributed by atoms with Crippen molar-refractivity contribution in [3.8, 4) is 22.3 Å². The molecule has 1 aromatic heterocycles. The first-order chi connectivity index (χ1) is 25.3. The fourth-order valence-electron chi connectivity index (χ4n) is 6.98. The summed E-state index contributed by atoms with van der Waals surface area (Å²) in [7, 11) is 0. The Morgan fingerprint density at radius 1 is 0.275 bits per heavy atom. The molecule has 0 amide bonds. The molecule has 0 saturated heterocycles. The van der Waals surface area contributed by atoms with Gasteiger partial charge in [0.1, 0.15) is 11.2 Å². The van der Waals surface area contributed by atoms with E-state index in [1.807, 2.05) is 12.1 Å². The molecule has 0 aliphatic rings. The number of rotatable bonds is 8. The Hall–Kier alpha value is -6.84. The summed E-state index contributed by atoms with van der Waals surface area (Å²) in [4.78, 5) is 4.70. The lowest BCUT2D eigenvalue weighted by Crippen LogP contribution is -2.17. The van der Waals surface area contributed by atoms with Gasteiger partial charge in [0.15, 0.2) is 0 Å². The van der Waals surface area contributed by atoms with E-state index in [1.54, 1.807) is 0 Å². The number of hydrogen-bond donors (Lipinski definition) is 0. The monoisotopic (exact) mass is 654 g/mol. The largest absolute Gasteiger partial charge is 0.456 e. The van der Waals surface area contributed by atoms with Crippen molar-refractivity contribution in [2.24, 2.45) is 0 Å². The van der Waals surface area contributed by atoms with Gasteiger partial charge < -0.3 is 14.2 Å². The zero-order chi connectivity index (χ0) is 34.0. The predicted molar refractivity (Wildman–Crippen MR) is 214 cm³/mol. The van der Waals surface area contributed by atoms with E-state index in [4.69, 9.17) is 4.42 Å². The molecular weight excluding hydrogens is 621 g/mol. The average Bonchev–Trinajstić information content (AvgIpc) is 3.58. The summed E-state index contributed by atoms with van der Waals surface area (Å²) in [5.41, 5.74) is 12.7. The molecule has 0 unspecified atom stereocenters. The first-order valence-corrected chi connectivity index (χ1v) is 17.3. The standard InChI is InChI=1S/C48H34N2O/c1-5-15-35(16-6-1)37-25-29-41(30-26-37)49(39-19-9-3-10-20-39)45-33-44-43-23-13-14-24-47(43)51-48(44)34-46(45)50(40-21-11-4-12-22-40)42-31-27-38(28-32-42)36-17-7-2-8-18-36/h1-34H. The molecule has 3 nitrogen and oxygen atoms in total. The first-order valence-electron chi connectivity index (χ1n) is 17.3. The molecule has 0 atom stereocenters. The normalized spacial score (nSPS) is 11.1. The van der Waals surface area contributed by atoms with Crippen LogP contribution in [0.4, 0.5) is 34.1 Å². The third kappa shape index (κ3) is 5.81. The van der Waals surface area contributed by atoms with Crippen molar-refractivity contribution < 1.29 is 4.42 Å². The van der Waals surface area contributed by atoms with Gasteiger partial charge in [-0.05, 0) is 82.9 Å². The molecule has 9 rings (SSSR count). The Kier molecular flexibility index (Phi) is 7.84. The van der Waals surface area contributed by atoms with Crippen LogP contribution in [-0.2, 0) is 0 Å². The molecule has 0 saturated carbocycles. The maximum absolute atomic E-state index is 6.56. The fraction of sp³-hybridized carbons (Fsp3) is 0. The van der Waals surface area contributed by atoms with Crippen molar-refractivity contribution in [3.05, 3.63) is 206 Å². The maximum atomic E-state index is 6.56. The quantitative estimate of drug-likeness (QED) is 0.163. The minimum Gasteiger partial charge on any atom is -0.456 e. The number of fused-ring (bicyclic) bond motifs is 3. The van der Waals surface area contributed by atoms with Crippen LogP contribution in [0.5, 0.6) is 0 Å². The van der Waals surface area contributed by atoms with Gasteiger partial charge in [0.2, 0.25) is 0 Å². The molecule has 0 aliphatic heterocycles. The molecule has 8 aromatic carbocycles. The van der Waals surface area contributed by atoms with Gasteiger partial charge in [-0.1, -0.05) is 140 Å². The Morgan fingerprint density at radius 2 is 0.647 bits per heavy atom. The van der Waals surface area contributed by atoms with E-state index < -0.39 is 0 Å². The molecule has 0 spiro atoms. The van der Waals surface area contributed by atoms with E-state index in [0.29, 0.717) is 0 Å². The molecule has 0 N–H and O–H groups in total. The molecule has 1 heterocycles. The van der Waals surface area contributed by atoms with Crippen LogP contribution in [0.1, 0.15) is 0 Å². The zero-order valence-corrected chi connectivity index (χ0v) is 27.9. The van der Waals surface area contributed by atoms with Crippen molar-refractivity contribution in [1.29, 1.82) is 0 Å². The highest BCUT2D eigenvalue weighted by atomic mass is 16.3. The van der Waals surface area contributed by atoms with Crippen molar-refractivity contribution in [3.63, 3.8) is 0 Å². The second-order valence-electron chi connectivity index (χ2n) is 12.6. The number of benzene rings is 8. The summed E-state index contributed by atoms with van der Waals surface area (Å²) in [5.74, 6) is 0. The van der Waals surface area contributed by atoms with Crippen LogP contribution in [0.25, 0.3) is 44.2 Å². The lowest BCUT2D eigenvalue weighted by Gasteiger charge is -2.33. The van der Waals surface area contributed by atoms with E-state index in [2.05, 4.69) is 204 Å². The molecule has 0 fully saturated rings. The molecule has 51 heavy (non-hydrogen) atoms. The Morgan fingerprint density at radius 3 is 1.14 bits per heavy atom. The van der Waals surface area contributed by atoms with Crippen molar-refractivity contribution in [1.82, 2.24) is 0 Å². The van der Waals surface area contributed by atoms with E-state index in [9.17, 15) is 0 Å². The highest BCUT2D eigenvalue weighted by Gasteiger charge is 2.25. The molecule has 242 valence electrons. The Labute approximate surface area is 297 Å². The van der Waals surface area contributed by atoms with Gasteiger partial charge in [0, 0.05) is 39.6 Å². The summed E-state index contributed by atoms with van der Waals surface area (Å²) >= 11 is 0. The number of para-hydroxylation sites is 3. The van der Waals surface area contributed by atoms with Crippen LogP contribution >= 0.6 is 0 Å². The number of nitrogens with zero attached hydrogens (tertiary/aromatic N) is 2. The first kappa shape index (κ1) is 30.2. The second-order valence-corrected chi connectivity index (χ2v) is 12.6. The van der Waals surface area contributed by atoms with Crippen LogP contribution in [0, 0.1) is 0 Å². The predicted octanol–water partition coefficient (Wildman–Crippen LogP) is 13.9. The van der Waals surface area contributed by atoms with Gasteiger partial charge in [-0.3, -0.25) is 0 Å². The van der Waals surface area contributed by atoms with Gasteiger partial charge in [-0.2, -0.15) is 0 Å². The van der Waals surface area contributed by atoms with Crippen molar-refractivity contribution >= 4 is 56.1 Å². The third-order valence-electron chi connectivity index (χ3n) is 9.45. The number of furan rings is 1. The van der Waals surface area contributed by atoms with E-state index in [0.717, 1.165) is 56.1 Å². The number of hydrogen-bond acceptors (Lipinski definition) is 3. The summed E-state index contributed by atoms with van der Waals surface area (Å²) in [6.45, 7) is 0. The summed E-state index contributed by atoms with van der Waals surface area (Å²) < 4.78 is 6.56. The molecule has 9 aromatic rings. The van der Waals surface area contributed by atoms with Crippen molar-refractivity contribution in [2.75, 3.05) is 9.80 Å². The van der Waals surface area contributed by atoms with Crippen LogP contribution in [0.2, 0.25) is 0 Å². The van der Waals surface area contributed by atoms with Gasteiger partial charge >= 0.3 is 0 Å². The summed E-state index contributed by atoms with van der Waals surface area (Å²) in [6.07, 6.45) is 0. The third-order valence-corrected chi connectivity index (χ3v) is 9.45. The molecule has 3 heteroatoms. The minimum atomic E-state index is 0.837. The fourth-order valence-corrected chi connectivity index (χ4v) is 6.98. The lowest BCUT2D eigenvalue weighted by molar-refractivity contribution is 0.669. The molecule has 0 aliphatic carbocycles. The summed E-state index contributed by atoms with van der Waals surface area (Å²) in [5, 5.41) is 2.16. The Balaban J connectivity index is 1.29. The van der Waals surface area contributed by atoms with E-state index >= 15 is 0 Å². The Bertz CT molecular complexity index is 2540. The molecular formula is C48H34N2O. The van der Waals surface area contributed by atoms with E-state index in [-0.39, 0.29) is 0 Å². The highest BCUT2D eigenvalue weighted by Crippen LogP contribution is 2.49. The van der Waals surface area contributed by atoms with Crippen LogP contribution in [-0.4, -0.2) is 0 Å². The smallest absolute Gasteiger partial charge is 0.137 e. The van der Waals surface area contributed by atoms with Crippen molar-refractivity contribution in [2.45, 2.75) is 0 Å². The van der Waals surface area contributed by atoms with E-state index in [1.165, 1.54) is 22.3 Å². The van der Waals surface area contributed by atoms with Gasteiger partial charge in [-0.25, -0.2) is 0 Å².